The lowest BCUT2D eigenvalue weighted by atomic mass is 10.1. The van der Waals surface area contributed by atoms with Crippen LogP contribution in [0.25, 0.3) is 0 Å². The third-order valence-corrected chi connectivity index (χ3v) is 3.98. The van der Waals surface area contributed by atoms with Gasteiger partial charge in [-0.3, -0.25) is 4.79 Å². The molecule has 0 saturated heterocycles. The number of benzene rings is 2. The highest BCUT2D eigenvalue weighted by Crippen LogP contribution is 2.26. The highest BCUT2D eigenvalue weighted by Gasteiger charge is 2.13. The summed E-state index contributed by atoms with van der Waals surface area (Å²) in [7, 11) is 0. The molecule has 150 valence electrons. The number of hydrogen-bond acceptors (Lipinski definition) is 5. The third kappa shape index (κ3) is 7.12. The fourth-order valence-corrected chi connectivity index (χ4v) is 2.57. The molecule has 1 amide bonds. The van der Waals surface area contributed by atoms with Crippen LogP contribution in [0.3, 0.4) is 0 Å². The van der Waals surface area contributed by atoms with Crippen molar-refractivity contribution < 1.29 is 23.8 Å². The van der Waals surface area contributed by atoms with Crippen molar-refractivity contribution in [2.75, 3.05) is 19.8 Å². The molecule has 0 radical (unpaired) electrons. The van der Waals surface area contributed by atoms with E-state index >= 15 is 0 Å². The van der Waals surface area contributed by atoms with E-state index in [0.29, 0.717) is 23.1 Å². The van der Waals surface area contributed by atoms with Crippen molar-refractivity contribution in [1.82, 2.24) is 5.32 Å². The second kappa shape index (κ2) is 11.2. The van der Waals surface area contributed by atoms with Crippen LogP contribution < -0.4 is 14.8 Å². The van der Waals surface area contributed by atoms with Crippen molar-refractivity contribution in [2.24, 2.45) is 0 Å². The quantitative estimate of drug-likeness (QED) is 0.606. The molecule has 0 saturated carbocycles. The van der Waals surface area contributed by atoms with Gasteiger partial charge in [0.15, 0.2) is 24.7 Å². The predicted molar refractivity (Wildman–Crippen MR) is 107 cm³/mol. The summed E-state index contributed by atoms with van der Waals surface area (Å²) < 4.78 is 16.0. The number of rotatable bonds is 10. The lowest BCUT2D eigenvalue weighted by Crippen LogP contribution is -2.32. The van der Waals surface area contributed by atoms with Gasteiger partial charge in [0.1, 0.15) is 0 Å². The summed E-state index contributed by atoms with van der Waals surface area (Å²) in [6.07, 6.45) is 0.860. The van der Waals surface area contributed by atoms with Crippen LogP contribution in [-0.4, -0.2) is 31.7 Å². The average Bonchev–Trinajstić information content (AvgIpc) is 2.69. The molecule has 2 aromatic rings. The van der Waals surface area contributed by atoms with Gasteiger partial charge in [-0.25, -0.2) is 4.79 Å². The highest BCUT2D eigenvalue weighted by atomic mass is 35.5. The number of hydrogen-bond donors (Lipinski definition) is 1. The molecule has 0 aliphatic carbocycles. The van der Waals surface area contributed by atoms with Crippen molar-refractivity contribution in [3.8, 4) is 11.5 Å². The molecule has 2 aromatic carbocycles. The lowest BCUT2D eigenvalue weighted by molar-refractivity contribution is -0.150. The molecule has 0 aliphatic heterocycles. The average molecular weight is 406 g/mol. The molecular formula is C21H24ClNO5. The van der Waals surface area contributed by atoms with Crippen LogP contribution in [-0.2, 0) is 14.3 Å². The zero-order chi connectivity index (χ0) is 20.4. The molecule has 7 heteroatoms. The van der Waals surface area contributed by atoms with Crippen LogP contribution in [0.5, 0.6) is 11.5 Å². The van der Waals surface area contributed by atoms with Crippen LogP contribution in [0.15, 0.2) is 48.5 Å². The highest BCUT2D eigenvalue weighted by molar-refractivity contribution is 6.30. The molecule has 0 bridgehead atoms. The maximum atomic E-state index is 12.0. The molecule has 1 N–H and O–H groups in total. The topological polar surface area (TPSA) is 73.9 Å². The van der Waals surface area contributed by atoms with E-state index in [-0.39, 0.29) is 19.3 Å². The number of nitrogens with one attached hydrogen (secondary N) is 1. The van der Waals surface area contributed by atoms with Crippen LogP contribution >= 0.6 is 11.6 Å². The molecule has 0 aliphatic rings. The minimum atomic E-state index is -0.643. The van der Waals surface area contributed by atoms with Crippen molar-refractivity contribution in [1.29, 1.82) is 0 Å². The molecule has 28 heavy (non-hydrogen) atoms. The Bertz CT molecular complexity index is 796. The summed E-state index contributed by atoms with van der Waals surface area (Å²) in [5, 5.41) is 3.34. The Morgan fingerprint density at radius 3 is 2.43 bits per heavy atom. The predicted octanol–water partition coefficient (Wildman–Crippen LogP) is 3.93. The zero-order valence-electron chi connectivity index (χ0n) is 15.9. The molecule has 1 atom stereocenters. The number of esters is 1. The monoisotopic (exact) mass is 405 g/mol. The van der Waals surface area contributed by atoms with Gasteiger partial charge in [-0.15, -0.1) is 0 Å². The Hall–Kier alpha value is -2.73. The van der Waals surface area contributed by atoms with Gasteiger partial charge in [-0.2, -0.15) is 0 Å². The Kier molecular flexibility index (Phi) is 8.62. The van der Waals surface area contributed by atoms with Crippen LogP contribution in [0.4, 0.5) is 0 Å². The maximum Gasteiger partial charge on any atom is 0.344 e. The Morgan fingerprint density at radius 1 is 1.04 bits per heavy atom. The normalized spacial score (nSPS) is 11.4. The van der Waals surface area contributed by atoms with Crippen molar-refractivity contribution in [2.45, 2.75) is 26.3 Å². The van der Waals surface area contributed by atoms with Crippen LogP contribution in [0, 0.1) is 0 Å². The largest absolute Gasteiger partial charge is 0.490 e. The summed E-state index contributed by atoms with van der Waals surface area (Å²) in [6, 6.07) is 14.0. The standard InChI is InChI=1S/C21H24ClNO5/c1-3-11-26-18-9-4-5-10-19(18)27-14-21(25)28-13-20(24)23-15(2)16-7-6-8-17(22)12-16/h4-10,12,15H,3,11,13-14H2,1-2H3,(H,23,24)/t15-/m1/s1. The van der Waals surface area contributed by atoms with Crippen molar-refractivity contribution in [3.05, 3.63) is 59.1 Å². The summed E-state index contributed by atoms with van der Waals surface area (Å²) in [5.74, 6) is -0.0412. The number of ether oxygens (including phenoxy) is 3. The van der Waals surface area contributed by atoms with Gasteiger partial charge in [0.05, 0.1) is 12.6 Å². The number of amides is 1. The van der Waals surface area contributed by atoms with E-state index in [1.165, 1.54) is 0 Å². The minimum Gasteiger partial charge on any atom is -0.490 e. The Labute approximate surface area is 169 Å². The van der Waals surface area contributed by atoms with Crippen LogP contribution in [0.1, 0.15) is 31.9 Å². The van der Waals surface area contributed by atoms with Gasteiger partial charge in [0.2, 0.25) is 0 Å². The van der Waals surface area contributed by atoms with Crippen molar-refractivity contribution in [3.63, 3.8) is 0 Å². The first-order chi connectivity index (χ1) is 13.5. The Morgan fingerprint density at radius 2 is 1.75 bits per heavy atom. The third-order valence-electron chi connectivity index (χ3n) is 3.75. The fourth-order valence-electron chi connectivity index (χ4n) is 2.37. The fraction of sp³-hybridized carbons (Fsp3) is 0.333. The number of para-hydroxylation sites is 2. The molecule has 0 aromatic heterocycles. The van der Waals surface area contributed by atoms with E-state index in [9.17, 15) is 9.59 Å². The second-order valence-electron chi connectivity index (χ2n) is 6.09. The summed E-state index contributed by atoms with van der Waals surface area (Å²) in [6.45, 7) is 3.67. The number of halogens is 1. The molecule has 6 nitrogen and oxygen atoms in total. The van der Waals surface area contributed by atoms with Gasteiger partial charge < -0.3 is 19.5 Å². The first-order valence-corrected chi connectivity index (χ1v) is 9.42. The van der Waals surface area contributed by atoms with Gasteiger partial charge in [0.25, 0.3) is 5.91 Å². The van der Waals surface area contributed by atoms with E-state index < -0.39 is 11.9 Å². The number of carbonyl (C=O) groups excluding carboxylic acids is 2. The second-order valence-corrected chi connectivity index (χ2v) is 6.53. The molecule has 0 fully saturated rings. The van der Waals surface area contributed by atoms with Gasteiger partial charge in [-0.1, -0.05) is 42.8 Å². The van der Waals surface area contributed by atoms with E-state index in [0.717, 1.165) is 12.0 Å². The molecule has 0 spiro atoms. The smallest absolute Gasteiger partial charge is 0.344 e. The van der Waals surface area contributed by atoms with Gasteiger partial charge in [-0.05, 0) is 43.2 Å². The van der Waals surface area contributed by atoms with Crippen LogP contribution in [0.2, 0.25) is 5.02 Å². The molecule has 0 unspecified atom stereocenters. The summed E-state index contributed by atoms with van der Waals surface area (Å²) >= 11 is 5.95. The number of carbonyl (C=O) groups is 2. The summed E-state index contributed by atoms with van der Waals surface area (Å²) in [5.41, 5.74) is 0.860. The summed E-state index contributed by atoms with van der Waals surface area (Å²) in [4.78, 5) is 23.8. The minimum absolute atomic E-state index is 0.260. The lowest BCUT2D eigenvalue weighted by Gasteiger charge is -2.15. The molecule has 0 heterocycles. The molecule has 2 rings (SSSR count). The van der Waals surface area contributed by atoms with Crippen molar-refractivity contribution >= 4 is 23.5 Å². The first-order valence-electron chi connectivity index (χ1n) is 9.04. The first kappa shape index (κ1) is 21.6. The molecular weight excluding hydrogens is 382 g/mol. The van der Waals surface area contributed by atoms with E-state index in [4.69, 9.17) is 25.8 Å². The van der Waals surface area contributed by atoms with E-state index in [1.54, 1.807) is 36.4 Å². The van der Waals surface area contributed by atoms with Gasteiger partial charge >= 0.3 is 5.97 Å². The van der Waals surface area contributed by atoms with E-state index in [2.05, 4.69) is 5.32 Å². The maximum absolute atomic E-state index is 12.0. The SMILES string of the molecule is CCCOc1ccccc1OCC(=O)OCC(=O)N[C@H](C)c1cccc(Cl)c1. The zero-order valence-corrected chi connectivity index (χ0v) is 16.7. The van der Waals surface area contributed by atoms with E-state index in [1.807, 2.05) is 26.0 Å². The Balaban J connectivity index is 1.76. The van der Waals surface area contributed by atoms with Gasteiger partial charge in [0, 0.05) is 5.02 Å².